The Morgan fingerprint density at radius 2 is 2.19 bits per heavy atom. The van der Waals surface area contributed by atoms with Crippen LogP contribution in [0.1, 0.15) is 12.0 Å². The molecule has 0 spiro atoms. The number of carboxylic acids is 1. The number of likely N-dealkylation sites (tertiary alicyclic amines) is 1. The van der Waals surface area contributed by atoms with Crippen LogP contribution in [0, 0.1) is 12.8 Å². The van der Waals surface area contributed by atoms with Crippen molar-refractivity contribution in [1.82, 2.24) is 4.90 Å². The zero-order valence-electron chi connectivity index (χ0n) is 11.6. The first-order valence-corrected chi connectivity index (χ1v) is 6.84. The van der Waals surface area contributed by atoms with E-state index in [1.807, 2.05) is 17.9 Å². The molecule has 1 fully saturated rings. The van der Waals surface area contributed by atoms with E-state index in [0.29, 0.717) is 30.2 Å². The van der Waals surface area contributed by atoms with Crippen molar-refractivity contribution < 1.29 is 14.7 Å². The lowest BCUT2D eigenvalue weighted by molar-refractivity contribution is -0.141. The van der Waals surface area contributed by atoms with Crippen LogP contribution in [0.4, 0.5) is 5.69 Å². The number of hydrogen-bond donors (Lipinski definition) is 2. The summed E-state index contributed by atoms with van der Waals surface area (Å²) < 4.78 is 0. The first-order valence-electron chi connectivity index (χ1n) is 6.47. The Balaban J connectivity index is 0.00000220. The number of rotatable bonds is 4. The number of hydrogen-bond acceptors (Lipinski definition) is 3. The van der Waals surface area contributed by atoms with Crippen LogP contribution in [0.2, 0.25) is 5.02 Å². The summed E-state index contributed by atoms with van der Waals surface area (Å²) in [6.45, 7) is 3.16. The molecule has 116 valence electrons. The van der Waals surface area contributed by atoms with E-state index in [4.69, 9.17) is 16.7 Å². The largest absolute Gasteiger partial charge is 0.481 e. The smallest absolute Gasteiger partial charge is 0.307 e. The number of aliphatic carboxylic acids is 1. The number of aryl methyl sites for hydroxylation is 1. The molecular weight excluding hydrogens is 315 g/mol. The summed E-state index contributed by atoms with van der Waals surface area (Å²) in [6.07, 6.45) is 0.591. The number of amides is 1. The summed E-state index contributed by atoms with van der Waals surface area (Å²) in [4.78, 5) is 24.6. The van der Waals surface area contributed by atoms with Gasteiger partial charge in [0.25, 0.3) is 0 Å². The minimum Gasteiger partial charge on any atom is -0.481 e. The molecule has 1 aromatic carbocycles. The highest BCUT2D eigenvalue weighted by Crippen LogP contribution is 2.23. The predicted octanol–water partition coefficient (Wildman–Crippen LogP) is 2.42. The second-order valence-electron chi connectivity index (χ2n) is 5.09. The van der Waals surface area contributed by atoms with Crippen molar-refractivity contribution in [3.63, 3.8) is 0 Å². The number of nitrogens with zero attached hydrogens (tertiary/aromatic N) is 1. The fraction of sp³-hybridized carbons (Fsp3) is 0.429. The van der Waals surface area contributed by atoms with E-state index in [0.717, 1.165) is 5.56 Å². The van der Waals surface area contributed by atoms with E-state index >= 15 is 0 Å². The molecule has 1 aliphatic heterocycles. The molecule has 0 aromatic heterocycles. The van der Waals surface area contributed by atoms with Gasteiger partial charge < -0.3 is 10.4 Å². The van der Waals surface area contributed by atoms with Gasteiger partial charge in [0.2, 0.25) is 5.91 Å². The lowest BCUT2D eigenvalue weighted by Crippen LogP contribution is -2.32. The van der Waals surface area contributed by atoms with Crippen LogP contribution in [0.15, 0.2) is 18.2 Å². The highest BCUT2D eigenvalue weighted by atomic mass is 35.5. The Bertz CT molecular complexity index is 537. The maximum Gasteiger partial charge on any atom is 0.307 e. The zero-order chi connectivity index (χ0) is 14.7. The van der Waals surface area contributed by atoms with Crippen molar-refractivity contribution in [3.8, 4) is 0 Å². The van der Waals surface area contributed by atoms with E-state index in [1.54, 1.807) is 12.1 Å². The molecule has 1 aliphatic rings. The number of nitrogens with one attached hydrogen (secondary N) is 1. The Morgan fingerprint density at radius 3 is 2.76 bits per heavy atom. The third-order valence-corrected chi connectivity index (χ3v) is 3.70. The summed E-state index contributed by atoms with van der Waals surface area (Å²) in [5.41, 5.74) is 1.60. The van der Waals surface area contributed by atoms with Crippen molar-refractivity contribution in [2.75, 3.05) is 25.0 Å². The second-order valence-corrected chi connectivity index (χ2v) is 5.50. The van der Waals surface area contributed by atoms with Crippen molar-refractivity contribution in [1.29, 1.82) is 0 Å². The van der Waals surface area contributed by atoms with Crippen LogP contribution in [0.25, 0.3) is 0 Å². The Morgan fingerprint density at radius 1 is 1.48 bits per heavy atom. The van der Waals surface area contributed by atoms with Gasteiger partial charge in [-0.3, -0.25) is 14.5 Å². The molecule has 1 amide bonds. The van der Waals surface area contributed by atoms with Gasteiger partial charge in [0, 0.05) is 6.54 Å². The van der Waals surface area contributed by atoms with E-state index in [1.165, 1.54) is 0 Å². The molecule has 2 rings (SSSR count). The number of carbonyl (C=O) groups is 2. The molecule has 21 heavy (non-hydrogen) atoms. The average Bonchev–Trinajstić information content (AvgIpc) is 2.81. The van der Waals surface area contributed by atoms with Gasteiger partial charge in [-0.25, -0.2) is 0 Å². The highest BCUT2D eigenvalue weighted by Gasteiger charge is 2.28. The summed E-state index contributed by atoms with van der Waals surface area (Å²) in [5.74, 6) is -1.35. The van der Waals surface area contributed by atoms with Gasteiger partial charge in [-0.05, 0) is 37.6 Å². The maximum absolute atomic E-state index is 11.9. The van der Waals surface area contributed by atoms with Gasteiger partial charge in [-0.1, -0.05) is 17.7 Å². The van der Waals surface area contributed by atoms with Crippen LogP contribution < -0.4 is 5.32 Å². The molecule has 1 aromatic rings. The van der Waals surface area contributed by atoms with Gasteiger partial charge in [-0.2, -0.15) is 0 Å². The van der Waals surface area contributed by atoms with Crippen LogP contribution in [0.3, 0.4) is 0 Å². The minimum atomic E-state index is -0.797. The summed E-state index contributed by atoms with van der Waals surface area (Å²) in [7, 11) is 0. The minimum absolute atomic E-state index is 0. The van der Waals surface area contributed by atoms with Crippen LogP contribution in [-0.4, -0.2) is 41.5 Å². The molecule has 0 saturated carbocycles. The number of carboxylic acid groups (broad SMARTS) is 1. The number of halogens is 2. The van der Waals surface area contributed by atoms with Crippen LogP contribution >= 0.6 is 24.0 Å². The molecule has 0 radical (unpaired) electrons. The summed E-state index contributed by atoms with van der Waals surface area (Å²) >= 11 is 6.05. The highest BCUT2D eigenvalue weighted by molar-refractivity contribution is 6.33. The third-order valence-electron chi connectivity index (χ3n) is 3.39. The van der Waals surface area contributed by atoms with Crippen molar-refractivity contribution in [2.45, 2.75) is 13.3 Å². The summed E-state index contributed by atoms with van der Waals surface area (Å²) in [5, 5.41) is 12.2. The number of benzene rings is 1. The Kier molecular flexibility index (Phi) is 6.45. The lowest BCUT2D eigenvalue weighted by Gasteiger charge is -2.15. The third kappa shape index (κ3) is 4.88. The monoisotopic (exact) mass is 332 g/mol. The molecule has 2 N–H and O–H groups in total. The normalized spacial score (nSPS) is 18.1. The molecule has 5 nitrogen and oxygen atoms in total. The zero-order valence-corrected chi connectivity index (χ0v) is 13.2. The van der Waals surface area contributed by atoms with Crippen LogP contribution in [-0.2, 0) is 9.59 Å². The number of carbonyl (C=O) groups excluding carboxylic acids is 1. The van der Waals surface area contributed by atoms with Gasteiger partial charge >= 0.3 is 5.97 Å². The number of anilines is 1. The molecule has 0 bridgehead atoms. The Hall–Kier alpha value is -1.30. The molecule has 7 heteroatoms. The molecule has 1 atom stereocenters. The molecule has 0 aliphatic carbocycles. The first kappa shape index (κ1) is 17.8. The molecule has 1 heterocycles. The van der Waals surface area contributed by atoms with Gasteiger partial charge in [0.05, 0.1) is 23.2 Å². The second kappa shape index (κ2) is 7.64. The van der Waals surface area contributed by atoms with Gasteiger partial charge in [0.15, 0.2) is 0 Å². The molecular formula is C14H18Cl2N2O3. The fourth-order valence-electron chi connectivity index (χ4n) is 2.29. The lowest BCUT2D eigenvalue weighted by atomic mass is 10.1. The standard InChI is InChI=1S/C14H17ClN2O3.ClH/c1-9-2-3-12(11(15)6-9)16-13(18)8-17-5-4-10(7-17)14(19)20;/h2-3,6,10H,4-5,7-8H2,1H3,(H,16,18)(H,19,20);1H. The topological polar surface area (TPSA) is 69.6 Å². The van der Waals surface area contributed by atoms with Crippen LogP contribution in [0.5, 0.6) is 0 Å². The first-order chi connectivity index (χ1) is 9.45. The summed E-state index contributed by atoms with van der Waals surface area (Å²) in [6, 6.07) is 5.42. The average molecular weight is 333 g/mol. The molecule has 1 unspecified atom stereocenters. The van der Waals surface area contributed by atoms with Gasteiger partial charge in [0.1, 0.15) is 0 Å². The van der Waals surface area contributed by atoms with E-state index < -0.39 is 5.97 Å². The SMILES string of the molecule is Cc1ccc(NC(=O)CN2CCC(C(=O)O)C2)c(Cl)c1.Cl. The van der Waals surface area contributed by atoms with Crippen molar-refractivity contribution in [3.05, 3.63) is 28.8 Å². The van der Waals surface area contributed by atoms with Crippen molar-refractivity contribution >= 4 is 41.6 Å². The quantitative estimate of drug-likeness (QED) is 0.888. The van der Waals surface area contributed by atoms with E-state index in [9.17, 15) is 9.59 Å². The Labute approximate surface area is 134 Å². The molecule has 1 saturated heterocycles. The maximum atomic E-state index is 11.9. The van der Waals surface area contributed by atoms with Crippen molar-refractivity contribution in [2.24, 2.45) is 5.92 Å². The predicted molar refractivity (Wildman–Crippen MR) is 84.2 cm³/mol. The van der Waals surface area contributed by atoms with Gasteiger partial charge in [-0.15, -0.1) is 12.4 Å². The van der Waals surface area contributed by atoms with E-state index in [2.05, 4.69) is 5.32 Å². The van der Waals surface area contributed by atoms with E-state index in [-0.39, 0.29) is 30.8 Å². The fourth-order valence-corrected chi connectivity index (χ4v) is 2.57.